The molecule has 0 aromatic heterocycles. The number of aryl methyl sites for hydroxylation is 1. The molecule has 0 atom stereocenters. The highest BCUT2D eigenvalue weighted by Gasteiger charge is 2.36. The molecule has 0 saturated carbocycles. The van der Waals surface area contributed by atoms with Crippen LogP contribution >= 0.6 is 0 Å². The first kappa shape index (κ1) is 22.6. The second kappa shape index (κ2) is 7.49. The molecule has 3 aromatic carbocycles. The van der Waals surface area contributed by atoms with Gasteiger partial charge in [-0.05, 0) is 36.8 Å². The zero-order valence-electron chi connectivity index (χ0n) is 16.9. The number of nitrogens with one attached hydrogen (secondary N) is 1. The Morgan fingerprint density at radius 2 is 1.33 bits per heavy atom. The lowest BCUT2D eigenvalue weighted by molar-refractivity contribution is 0.0980. The first-order chi connectivity index (χ1) is 15.3. The van der Waals surface area contributed by atoms with E-state index in [2.05, 4.69) is 5.32 Å². The predicted molar refractivity (Wildman–Crippen MR) is 118 cm³/mol. The number of anilines is 3. The Hall–Kier alpha value is -3.58. The number of benzene rings is 3. The van der Waals surface area contributed by atoms with Gasteiger partial charge in [-0.25, -0.2) is 0 Å². The minimum Gasteiger partial charge on any atom is -0.397 e. The topological polar surface area (TPSA) is 181 Å². The van der Waals surface area contributed by atoms with Gasteiger partial charge in [-0.2, -0.15) is 16.8 Å². The van der Waals surface area contributed by atoms with Gasteiger partial charge >= 0.3 is 0 Å². The predicted octanol–water partition coefficient (Wildman–Crippen LogP) is 2.59. The van der Waals surface area contributed by atoms with Crippen LogP contribution < -0.4 is 11.1 Å². The molecule has 10 nitrogen and oxygen atoms in total. The van der Waals surface area contributed by atoms with Crippen molar-refractivity contribution in [1.82, 2.24) is 0 Å². The molecular weight excluding hydrogens is 472 g/mol. The quantitative estimate of drug-likeness (QED) is 0.246. The molecule has 0 bridgehead atoms. The lowest BCUT2D eigenvalue weighted by Crippen LogP contribution is -2.25. The van der Waals surface area contributed by atoms with E-state index in [-0.39, 0.29) is 44.1 Å². The Labute approximate surface area is 188 Å². The number of fused-ring (bicyclic) bond motifs is 2. The lowest BCUT2D eigenvalue weighted by Gasteiger charge is -2.23. The van der Waals surface area contributed by atoms with Crippen LogP contribution in [-0.2, 0) is 20.2 Å². The molecule has 0 radical (unpaired) electrons. The number of hydrogen-bond acceptors (Lipinski definition) is 8. The fourth-order valence-electron chi connectivity index (χ4n) is 3.78. The Kier molecular flexibility index (Phi) is 5.13. The maximum Gasteiger partial charge on any atom is 0.296 e. The molecule has 0 aliphatic heterocycles. The van der Waals surface area contributed by atoms with E-state index in [9.17, 15) is 35.5 Å². The van der Waals surface area contributed by atoms with E-state index in [1.165, 1.54) is 37.3 Å². The molecule has 3 aromatic rings. The Balaban J connectivity index is 1.97. The summed E-state index contributed by atoms with van der Waals surface area (Å²) in [5.41, 5.74) is 5.15. The van der Waals surface area contributed by atoms with Crippen molar-refractivity contribution < 1.29 is 35.5 Å². The highest BCUT2D eigenvalue weighted by Crippen LogP contribution is 2.40. The number of rotatable bonds is 4. The monoisotopic (exact) mass is 488 g/mol. The van der Waals surface area contributed by atoms with Crippen molar-refractivity contribution >= 4 is 48.9 Å². The van der Waals surface area contributed by atoms with Crippen LogP contribution in [-0.4, -0.2) is 37.5 Å². The Morgan fingerprint density at radius 3 is 1.85 bits per heavy atom. The fraction of sp³-hybridized carbons (Fsp3) is 0.0476. The Bertz CT molecular complexity index is 1590. The van der Waals surface area contributed by atoms with Gasteiger partial charge in [0.1, 0.15) is 4.90 Å². The molecule has 170 valence electrons. The zero-order valence-corrected chi connectivity index (χ0v) is 18.5. The summed E-state index contributed by atoms with van der Waals surface area (Å²) >= 11 is 0. The first-order valence-corrected chi connectivity index (χ1v) is 12.2. The van der Waals surface area contributed by atoms with Crippen LogP contribution in [0.1, 0.15) is 37.4 Å². The van der Waals surface area contributed by atoms with Gasteiger partial charge in [-0.15, -0.1) is 0 Å². The van der Waals surface area contributed by atoms with Gasteiger partial charge in [0.25, 0.3) is 20.2 Å². The molecule has 1 aliphatic rings. The summed E-state index contributed by atoms with van der Waals surface area (Å²) < 4.78 is 65.7. The molecular formula is C21H16N2O8S2. The molecule has 0 amide bonds. The maximum absolute atomic E-state index is 13.3. The summed E-state index contributed by atoms with van der Waals surface area (Å²) in [5.74, 6) is -1.29. The molecule has 33 heavy (non-hydrogen) atoms. The molecule has 5 N–H and O–H groups in total. The van der Waals surface area contributed by atoms with Crippen LogP contribution in [0.4, 0.5) is 17.1 Å². The van der Waals surface area contributed by atoms with Crippen LogP contribution in [0.15, 0.2) is 58.3 Å². The van der Waals surface area contributed by atoms with Gasteiger partial charge in [0, 0.05) is 16.8 Å². The largest absolute Gasteiger partial charge is 0.397 e. The van der Waals surface area contributed by atoms with E-state index in [0.717, 1.165) is 12.1 Å². The van der Waals surface area contributed by atoms with E-state index in [1.807, 2.05) is 0 Å². The van der Waals surface area contributed by atoms with Gasteiger partial charge in [0.2, 0.25) is 0 Å². The highest BCUT2D eigenvalue weighted by atomic mass is 32.2. The standard InChI is InChI=1S/C21H16N2O8S2/c1-10-8-11(6-7-15(10)32(26,27)28)23-14-9-16(33(29,30)31)19(22)18-17(14)20(24)12-4-2-3-5-13(12)21(18)25/h2-9,23H,22H2,1H3,(H,26,27,28)(H,29,30,31). The number of carbonyl (C=O) groups is 2. The summed E-state index contributed by atoms with van der Waals surface area (Å²) in [4.78, 5) is 25.3. The normalized spacial score (nSPS) is 13.4. The third-order valence-electron chi connectivity index (χ3n) is 5.21. The molecule has 0 saturated heterocycles. The van der Waals surface area contributed by atoms with Crippen LogP contribution in [0.5, 0.6) is 0 Å². The molecule has 0 heterocycles. The van der Waals surface area contributed by atoms with Crippen LogP contribution in [0.3, 0.4) is 0 Å². The van der Waals surface area contributed by atoms with Crippen molar-refractivity contribution in [3.05, 3.63) is 76.3 Å². The van der Waals surface area contributed by atoms with Crippen molar-refractivity contribution in [1.29, 1.82) is 0 Å². The second-order valence-electron chi connectivity index (χ2n) is 7.35. The van der Waals surface area contributed by atoms with E-state index < -0.39 is 42.4 Å². The number of ketones is 2. The van der Waals surface area contributed by atoms with E-state index >= 15 is 0 Å². The number of hydrogen-bond donors (Lipinski definition) is 4. The number of nitrogens with two attached hydrogens (primary N) is 1. The molecule has 4 rings (SSSR count). The second-order valence-corrected chi connectivity index (χ2v) is 10.1. The maximum atomic E-state index is 13.3. The van der Waals surface area contributed by atoms with E-state index in [4.69, 9.17) is 5.73 Å². The Morgan fingerprint density at radius 1 is 0.788 bits per heavy atom. The van der Waals surface area contributed by atoms with Crippen molar-refractivity contribution in [3.8, 4) is 0 Å². The molecule has 0 fully saturated rings. The van der Waals surface area contributed by atoms with Gasteiger partial charge in [-0.3, -0.25) is 18.7 Å². The van der Waals surface area contributed by atoms with Gasteiger partial charge < -0.3 is 11.1 Å². The minimum absolute atomic E-state index is 0.0356. The summed E-state index contributed by atoms with van der Waals surface area (Å²) in [7, 11) is -9.35. The van der Waals surface area contributed by atoms with Gasteiger partial charge in [0.05, 0.1) is 27.4 Å². The molecule has 0 spiro atoms. The lowest BCUT2D eigenvalue weighted by atomic mass is 9.82. The average molecular weight is 488 g/mol. The summed E-state index contributed by atoms with van der Waals surface area (Å²) in [6.45, 7) is 1.42. The molecule has 0 unspecified atom stereocenters. The average Bonchev–Trinajstić information content (AvgIpc) is 2.71. The van der Waals surface area contributed by atoms with Gasteiger partial charge in [0.15, 0.2) is 11.6 Å². The van der Waals surface area contributed by atoms with Crippen molar-refractivity contribution in [2.24, 2.45) is 0 Å². The molecule has 12 heteroatoms. The third-order valence-corrected chi connectivity index (χ3v) is 7.12. The summed E-state index contributed by atoms with van der Waals surface area (Å²) in [5, 5.41) is 2.79. The number of carbonyl (C=O) groups excluding carboxylic acids is 2. The van der Waals surface area contributed by atoms with E-state index in [1.54, 1.807) is 6.07 Å². The minimum atomic E-state index is -4.88. The van der Waals surface area contributed by atoms with Crippen LogP contribution in [0, 0.1) is 6.92 Å². The van der Waals surface area contributed by atoms with E-state index in [0.29, 0.717) is 0 Å². The fourth-order valence-corrected chi connectivity index (χ4v) is 5.13. The van der Waals surface area contributed by atoms with Crippen LogP contribution in [0.25, 0.3) is 0 Å². The number of nitrogen functional groups attached to an aromatic ring is 1. The van der Waals surface area contributed by atoms with Crippen molar-refractivity contribution in [2.75, 3.05) is 11.1 Å². The summed E-state index contributed by atoms with van der Waals surface area (Å²) in [6.07, 6.45) is 0. The first-order valence-electron chi connectivity index (χ1n) is 9.28. The zero-order chi connectivity index (χ0) is 24.3. The molecule has 1 aliphatic carbocycles. The van der Waals surface area contributed by atoms with Gasteiger partial charge in [-0.1, -0.05) is 24.3 Å². The SMILES string of the molecule is Cc1cc(Nc2cc(S(=O)(=O)O)c(N)c3c2C(=O)c2ccccc2C3=O)ccc1S(=O)(=O)O. The summed E-state index contributed by atoms with van der Waals surface area (Å²) in [6, 6.07) is 10.6. The van der Waals surface area contributed by atoms with Crippen molar-refractivity contribution in [3.63, 3.8) is 0 Å². The van der Waals surface area contributed by atoms with Crippen molar-refractivity contribution in [2.45, 2.75) is 16.7 Å². The smallest absolute Gasteiger partial charge is 0.296 e. The highest BCUT2D eigenvalue weighted by molar-refractivity contribution is 7.86. The third kappa shape index (κ3) is 3.78. The van der Waals surface area contributed by atoms with Crippen LogP contribution in [0.2, 0.25) is 0 Å².